The average molecular weight is 426 g/mol. The lowest BCUT2D eigenvalue weighted by Gasteiger charge is -2.41. The Morgan fingerprint density at radius 3 is 2.47 bits per heavy atom. The lowest BCUT2D eigenvalue weighted by molar-refractivity contribution is -0.314. The summed E-state index contributed by atoms with van der Waals surface area (Å²) in [4.78, 5) is 13.1. The second kappa shape index (κ2) is 7.78. The molecule has 2 heterocycles. The molecule has 164 valence electrons. The first-order valence-corrected chi connectivity index (χ1v) is 9.39. The quantitative estimate of drug-likeness (QED) is 0.315. The second-order valence-electron chi connectivity index (χ2n) is 7.46. The van der Waals surface area contributed by atoms with Gasteiger partial charge in [0.15, 0.2) is 6.29 Å². The first-order chi connectivity index (χ1) is 14.2. The molecule has 4 rings (SSSR count). The predicted octanol–water partition coefficient (Wildman–Crippen LogP) is -1.11. The van der Waals surface area contributed by atoms with E-state index < -0.39 is 60.7 Å². The molecule has 0 radical (unpaired) electrons. The van der Waals surface area contributed by atoms with E-state index in [9.17, 15) is 40.5 Å². The van der Waals surface area contributed by atoms with Crippen LogP contribution in [0.2, 0.25) is 0 Å². The van der Waals surface area contributed by atoms with E-state index in [1.807, 2.05) is 0 Å². The Morgan fingerprint density at radius 1 is 1.03 bits per heavy atom. The minimum atomic E-state index is -1.67. The molecule has 1 aliphatic carbocycles. The molecule has 1 aliphatic heterocycles. The maximum Gasteiger partial charge on any atom is 0.202 e. The van der Waals surface area contributed by atoms with Crippen molar-refractivity contribution in [3.05, 3.63) is 33.7 Å². The number of hydrogen-bond donors (Lipinski definition) is 7. The molecule has 7 N–H and O–H groups in total. The third kappa shape index (κ3) is 3.34. The van der Waals surface area contributed by atoms with Gasteiger partial charge in [-0.3, -0.25) is 4.79 Å². The molecule has 2 aliphatic rings. The minimum absolute atomic E-state index is 0.0980. The number of benzene rings is 1. The van der Waals surface area contributed by atoms with Crippen molar-refractivity contribution in [2.24, 2.45) is 0 Å². The summed E-state index contributed by atoms with van der Waals surface area (Å²) in [6, 6.07) is 2.10. The molecule has 0 spiro atoms. The first-order valence-electron chi connectivity index (χ1n) is 9.39. The lowest BCUT2D eigenvalue weighted by atomic mass is 9.90. The number of aromatic hydroxyl groups is 2. The standard InChI is InChI=1S/C19H22O11/c20-5-11-14(24)16(26)17(27)19(30-11)29-9-2-1-7(22)18-13(9)15(25)12-8(23)3-6(21)4-10(12)28-18/h3-4,7,9,11,14,16-17,19-24,26-27H,1-2,5H2/t7-,9-,11+,14+,16-,17+,19+/m0/s1. The Bertz CT molecular complexity index is 1000. The van der Waals surface area contributed by atoms with E-state index in [0.717, 1.165) is 12.1 Å². The van der Waals surface area contributed by atoms with Crippen LogP contribution in [-0.4, -0.2) is 73.1 Å². The molecule has 1 fully saturated rings. The van der Waals surface area contributed by atoms with Gasteiger partial charge in [0.1, 0.15) is 58.7 Å². The van der Waals surface area contributed by atoms with Crippen LogP contribution in [-0.2, 0) is 9.47 Å². The van der Waals surface area contributed by atoms with Crippen LogP contribution < -0.4 is 5.43 Å². The number of phenols is 2. The van der Waals surface area contributed by atoms with Gasteiger partial charge in [-0.15, -0.1) is 0 Å². The molecule has 1 saturated heterocycles. The molecular weight excluding hydrogens is 404 g/mol. The predicted molar refractivity (Wildman–Crippen MR) is 97.6 cm³/mol. The Labute approximate surface area is 169 Å². The van der Waals surface area contributed by atoms with Gasteiger partial charge >= 0.3 is 0 Å². The maximum atomic E-state index is 13.1. The van der Waals surface area contributed by atoms with Crippen molar-refractivity contribution in [2.45, 2.75) is 55.8 Å². The first kappa shape index (κ1) is 21.0. The van der Waals surface area contributed by atoms with Gasteiger partial charge in [-0.05, 0) is 12.8 Å². The van der Waals surface area contributed by atoms with Crippen LogP contribution in [0.15, 0.2) is 21.3 Å². The molecular formula is C19H22O11. The van der Waals surface area contributed by atoms with E-state index in [1.54, 1.807) is 0 Å². The Kier molecular flexibility index (Phi) is 5.45. The fraction of sp³-hybridized carbons (Fsp3) is 0.526. The number of fused-ring (bicyclic) bond motifs is 2. The summed E-state index contributed by atoms with van der Waals surface area (Å²) in [6.07, 6.45) is -9.50. The van der Waals surface area contributed by atoms with Gasteiger partial charge < -0.3 is 49.6 Å². The highest BCUT2D eigenvalue weighted by molar-refractivity contribution is 5.85. The summed E-state index contributed by atoms with van der Waals surface area (Å²) in [7, 11) is 0. The zero-order chi connectivity index (χ0) is 21.7. The van der Waals surface area contributed by atoms with Crippen LogP contribution in [0.5, 0.6) is 11.5 Å². The third-order valence-electron chi connectivity index (χ3n) is 5.50. The van der Waals surface area contributed by atoms with E-state index in [-0.39, 0.29) is 40.9 Å². The Hall–Kier alpha value is -2.25. The topological polar surface area (TPSA) is 190 Å². The molecule has 2 aromatic rings. The highest BCUT2D eigenvalue weighted by Crippen LogP contribution is 2.41. The molecule has 11 heteroatoms. The van der Waals surface area contributed by atoms with Crippen LogP contribution in [0.25, 0.3) is 11.0 Å². The van der Waals surface area contributed by atoms with E-state index in [0.29, 0.717) is 0 Å². The molecule has 11 nitrogen and oxygen atoms in total. The molecule has 7 atom stereocenters. The number of ether oxygens (including phenoxy) is 2. The molecule has 0 unspecified atom stereocenters. The number of aliphatic hydroxyl groups is 5. The lowest BCUT2D eigenvalue weighted by Crippen LogP contribution is -2.59. The molecule has 1 aromatic carbocycles. The van der Waals surface area contributed by atoms with Gasteiger partial charge in [-0.1, -0.05) is 0 Å². The van der Waals surface area contributed by atoms with Crippen molar-refractivity contribution in [1.82, 2.24) is 0 Å². The number of aliphatic hydroxyl groups excluding tert-OH is 5. The van der Waals surface area contributed by atoms with Crippen LogP contribution in [0, 0.1) is 0 Å². The largest absolute Gasteiger partial charge is 0.508 e. The fourth-order valence-corrected chi connectivity index (χ4v) is 3.93. The third-order valence-corrected chi connectivity index (χ3v) is 5.50. The summed E-state index contributed by atoms with van der Waals surface area (Å²) >= 11 is 0. The highest BCUT2D eigenvalue weighted by Gasteiger charge is 2.46. The monoisotopic (exact) mass is 426 g/mol. The van der Waals surface area contributed by atoms with Crippen molar-refractivity contribution in [2.75, 3.05) is 6.61 Å². The molecule has 0 bridgehead atoms. The normalized spacial score (nSPS) is 34.1. The Morgan fingerprint density at radius 2 is 1.77 bits per heavy atom. The minimum Gasteiger partial charge on any atom is -0.508 e. The van der Waals surface area contributed by atoms with Crippen LogP contribution in [0.1, 0.15) is 36.4 Å². The van der Waals surface area contributed by atoms with Crippen molar-refractivity contribution in [3.63, 3.8) is 0 Å². The molecule has 1 aromatic heterocycles. The number of rotatable bonds is 3. The van der Waals surface area contributed by atoms with E-state index in [4.69, 9.17) is 13.9 Å². The SMILES string of the molecule is O=c1c2c(oc3cc(O)cc(O)c13)[C@@H](O)CC[C@@H]2O[C@@H]1O[C@H](CO)[C@@H](O)[C@H](O)[C@H]1O. The van der Waals surface area contributed by atoms with Crippen molar-refractivity contribution in [1.29, 1.82) is 0 Å². The van der Waals surface area contributed by atoms with Gasteiger partial charge in [0.25, 0.3) is 0 Å². The zero-order valence-corrected chi connectivity index (χ0v) is 15.6. The van der Waals surface area contributed by atoms with E-state index in [1.165, 1.54) is 0 Å². The van der Waals surface area contributed by atoms with Crippen LogP contribution >= 0.6 is 0 Å². The van der Waals surface area contributed by atoms with Crippen molar-refractivity contribution in [3.8, 4) is 11.5 Å². The molecule has 30 heavy (non-hydrogen) atoms. The van der Waals surface area contributed by atoms with Gasteiger partial charge in [0.2, 0.25) is 5.43 Å². The van der Waals surface area contributed by atoms with Crippen LogP contribution in [0.4, 0.5) is 0 Å². The highest BCUT2D eigenvalue weighted by atomic mass is 16.7. The average Bonchev–Trinajstić information content (AvgIpc) is 2.69. The van der Waals surface area contributed by atoms with E-state index in [2.05, 4.69) is 0 Å². The van der Waals surface area contributed by atoms with Gasteiger partial charge in [-0.25, -0.2) is 0 Å². The van der Waals surface area contributed by atoms with Crippen molar-refractivity contribution >= 4 is 11.0 Å². The summed E-state index contributed by atoms with van der Waals surface area (Å²) < 4.78 is 16.6. The van der Waals surface area contributed by atoms with Gasteiger partial charge in [-0.2, -0.15) is 0 Å². The molecule has 0 amide bonds. The molecule has 0 saturated carbocycles. The summed E-state index contributed by atoms with van der Waals surface area (Å²) in [6.45, 7) is -0.644. The zero-order valence-electron chi connectivity index (χ0n) is 15.6. The summed E-state index contributed by atoms with van der Waals surface area (Å²) in [5.41, 5.74) is -0.917. The van der Waals surface area contributed by atoms with Crippen LogP contribution in [0.3, 0.4) is 0 Å². The Balaban J connectivity index is 1.75. The number of hydrogen-bond acceptors (Lipinski definition) is 11. The van der Waals surface area contributed by atoms with Gasteiger partial charge in [0.05, 0.1) is 18.3 Å². The maximum absolute atomic E-state index is 13.1. The summed E-state index contributed by atoms with van der Waals surface area (Å²) in [5.74, 6) is -0.964. The van der Waals surface area contributed by atoms with E-state index >= 15 is 0 Å². The fourth-order valence-electron chi connectivity index (χ4n) is 3.93. The second-order valence-corrected chi connectivity index (χ2v) is 7.46. The smallest absolute Gasteiger partial charge is 0.202 e. The van der Waals surface area contributed by atoms with Crippen molar-refractivity contribution < 1.29 is 49.6 Å². The number of phenolic OH excluding ortho intramolecular Hbond substituents is 2. The summed E-state index contributed by atoms with van der Waals surface area (Å²) in [5, 5.41) is 69.2. The van der Waals surface area contributed by atoms with Gasteiger partial charge in [0, 0.05) is 12.1 Å².